The number of rotatable bonds is 6. The lowest BCUT2D eigenvalue weighted by molar-refractivity contribution is 1.21. The molecule has 0 saturated carbocycles. The van der Waals surface area contributed by atoms with Crippen LogP contribution in [-0.2, 0) is 0 Å². The lowest BCUT2D eigenvalue weighted by atomic mass is 9.92. The van der Waals surface area contributed by atoms with Crippen LogP contribution in [0.4, 0.5) is 34.1 Å². The largest absolute Gasteiger partial charge is 0.310 e. The van der Waals surface area contributed by atoms with Crippen LogP contribution in [-0.4, -0.2) is 0 Å². The number of aryl methyl sites for hydroxylation is 8. The Morgan fingerprint density at radius 1 is 0.278 bits per heavy atom. The molecule has 0 atom stereocenters. The van der Waals surface area contributed by atoms with Gasteiger partial charge in [0.05, 0.1) is 11.4 Å². The fourth-order valence-corrected chi connectivity index (χ4v) is 8.58. The quantitative estimate of drug-likeness (QED) is 0.159. The molecule has 0 aliphatic heterocycles. The molecule has 8 aromatic carbocycles. The van der Waals surface area contributed by atoms with E-state index in [0.717, 1.165) is 0 Å². The standard InChI is InChI=1S/C52H50N2/c1-31-19-32(2)22-41(21-31)53(43-25-35(5)39(9)36(6)26-43)51-29-49-46-16-12-14-18-48(46)52(30-50(49)45-15-11-13-17-47(45)51)54(42-23-33(3)20-34(4)24-42)44-27-37(7)40(10)38(8)28-44/h11-30H,1-10H3. The number of benzene rings is 8. The molecule has 0 aliphatic carbocycles. The molecule has 0 bridgehead atoms. The Hall–Kier alpha value is -5.86. The van der Waals surface area contributed by atoms with Crippen molar-refractivity contribution in [3.8, 4) is 0 Å². The zero-order valence-electron chi connectivity index (χ0n) is 33.4. The molecule has 0 radical (unpaired) electrons. The summed E-state index contributed by atoms with van der Waals surface area (Å²) in [4.78, 5) is 4.98. The van der Waals surface area contributed by atoms with Crippen molar-refractivity contribution in [2.75, 3.05) is 9.80 Å². The summed E-state index contributed by atoms with van der Waals surface area (Å²) in [6, 6.07) is 46.1. The molecule has 0 heterocycles. The minimum absolute atomic E-state index is 1.17. The van der Waals surface area contributed by atoms with E-state index in [-0.39, 0.29) is 0 Å². The van der Waals surface area contributed by atoms with Gasteiger partial charge in [-0.05, 0) is 207 Å². The van der Waals surface area contributed by atoms with Gasteiger partial charge in [-0.2, -0.15) is 0 Å². The third-order valence-corrected chi connectivity index (χ3v) is 11.6. The molecule has 2 heteroatoms. The lowest BCUT2D eigenvalue weighted by Crippen LogP contribution is -2.13. The van der Waals surface area contributed by atoms with Crippen molar-refractivity contribution in [1.82, 2.24) is 0 Å². The highest BCUT2D eigenvalue weighted by Crippen LogP contribution is 2.48. The zero-order chi connectivity index (χ0) is 38.0. The average molecular weight is 703 g/mol. The van der Waals surface area contributed by atoms with Gasteiger partial charge < -0.3 is 9.80 Å². The topological polar surface area (TPSA) is 6.48 Å². The lowest BCUT2D eigenvalue weighted by Gasteiger charge is -2.31. The Morgan fingerprint density at radius 2 is 0.556 bits per heavy atom. The molecule has 0 aromatic heterocycles. The van der Waals surface area contributed by atoms with Gasteiger partial charge in [0.1, 0.15) is 0 Å². The van der Waals surface area contributed by atoms with E-state index < -0.39 is 0 Å². The molecule has 268 valence electrons. The maximum atomic E-state index is 2.49. The van der Waals surface area contributed by atoms with Crippen molar-refractivity contribution in [3.05, 3.63) is 177 Å². The van der Waals surface area contributed by atoms with E-state index in [4.69, 9.17) is 0 Å². The van der Waals surface area contributed by atoms with Crippen LogP contribution in [0.1, 0.15) is 55.6 Å². The molecule has 0 fully saturated rings. The van der Waals surface area contributed by atoms with Gasteiger partial charge in [0.25, 0.3) is 0 Å². The van der Waals surface area contributed by atoms with Crippen LogP contribution in [0.25, 0.3) is 32.3 Å². The van der Waals surface area contributed by atoms with Crippen molar-refractivity contribution in [2.45, 2.75) is 69.2 Å². The molecule has 8 aromatic rings. The molecule has 0 spiro atoms. The van der Waals surface area contributed by atoms with Crippen LogP contribution in [0.3, 0.4) is 0 Å². The average Bonchev–Trinajstić information content (AvgIpc) is 3.12. The van der Waals surface area contributed by atoms with E-state index >= 15 is 0 Å². The predicted octanol–water partition coefficient (Wildman–Crippen LogP) is 15.2. The SMILES string of the molecule is Cc1cc(C)cc(N(c2cc(C)c(C)c(C)c2)c2cc3c4ccccc4c(N(c4cc(C)cc(C)c4)c4cc(C)c(C)c(C)c4)cc3c3ccccc23)c1. The molecule has 0 N–H and O–H groups in total. The van der Waals surface area contributed by atoms with Gasteiger partial charge in [-0.15, -0.1) is 0 Å². The molecule has 8 rings (SSSR count). The van der Waals surface area contributed by atoms with E-state index in [1.165, 1.54) is 122 Å². The van der Waals surface area contributed by atoms with Gasteiger partial charge in [0.15, 0.2) is 0 Å². The number of hydrogen-bond donors (Lipinski definition) is 0. The Kier molecular flexibility index (Phi) is 8.81. The van der Waals surface area contributed by atoms with E-state index in [2.05, 4.69) is 200 Å². The summed E-state index contributed by atoms with van der Waals surface area (Å²) < 4.78 is 0. The van der Waals surface area contributed by atoms with E-state index in [1.807, 2.05) is 0 Å². The molecule has 0 saturated heterocycles. The molecular weight excluding hydrogens is 653 g/mol. The second kappa shape index (κ2) is 13.5. The Morgan fingerprint density at radius 3 is 0.870 bits per heavy atom. The molecular formula is C52H50N2. The number of fused-ring (bicyclic) bond motifs is 5. The Balaban J connectivity index is 1.49. The summed E-state index contributed by atoms with van der Waals surface area (Å²) in [6.45, 7) is 22.2. The second-order valence-corrected chi connectivity index (χ2v) is 15.7. The fourth-order valence-electron chi connectivity index (χ4n) is 8.58. The van der Waals surface area contributed by atoms with Crippen molar-refractivity contribution >= 4 is 66.4 Å². The van der Waals surface area contributed by atoms with Gasteiger partial charge in [-0.3, -0.25) is 0 Å². The fraction of sp³-hybridized carbons (Fsp3) is 0.192. The first kappa shape index (κ1) is 35.2. The van der Waals surface area contributed by atoms with Gasteiger partial charge in [-0.1, -0.05) is 60.7 Å². The van der Waals surface area contributed by atoms with Crippen LogP contribution in [0, 0.1) is 69.2 Å². The van der Waals surface area contributed by atoms with Crippen LogP contribution in [0.5, 0.6) is 0 Å². The van der Waals surface area contributed by atoms with Crippen LogP contribution < -0.4 is 9.80 Å². The minimum Gasteiger partial charge on any atom is -0.310 e. The first-order valence-corrected chi connectivity index (χ1v) is 19.2. The Bertz CT molecular complexity index is 2510. The van der Waals surface area contributed by atoms with Crippen molar-refractivity contribution in [2.24, 2.45) is 0 Å². The van der Waals surface area contributed by atoms with Gasteiger partial charge in [0, 0.05) is 33.5 Å². The summed E-state index contributed by atoms with van der Waals surface area (Å²) >= 11 is 0. The van der Waals surface area contributed by atoms with Gasteiger partial charge >= 0.3 is 0 Å². The zero-order valence-corrected chi connectivity index (χ0v) is 33.4. The summed E-state index contributed by atoms with van der Waals surface area (Å²) in [7, 11) is 0. The normalized spacial score (nSPS) is 11.5. The molecule has 0 unspecified atom stereocenters. The summed E-state index contributed by atoms with van der Waals surface area (Å²) in [5.74, 6) is 0. The van der Waals surface area contributed by atoms with Gasteiger partial charge in [-0.25, -0.2) is 0 Å². The number of nitrogens with zero attached hydrogens (tertiary/aromatic N) is 2. The van der Waals surface area contributed by atoms with Crippen LogP contribution in [0.15, 0.2) is 121 Å². The molecule has 0 aliphatic rings. The monoisotopic (exact) mass is 702 g/mol. The van der Waals surface area contributed by atoms with E-state index in [0.29, 0.717) is 0 Å². The molecule has 0 amide bonds. The van der Waals surface area contributed by atoms with Crippen LogP contribution >= 0.6 is 0 Å². The van der Waals surface area contributed by atoms with Crippen molar-refractivity contribution in [1.29, 1.82) is 0 Å². The highest BCUT2D eigenvalue weighted by atomic mass is 15.2. The second-order valence-electron chi connectivity index (χ2n) is 15.7. The highest BCUT2D eigenvalue weighted by molar-refractivity contribution is 6.24. The third-order valence-electron chi connectivity index (χ3n) is 11.6. The number of hydrogen-bond acceptors (Lipinski definition) is 2. The first-order chi connectivity index (χ1) is 25.9. The first-order valence-electron chi connectivity index (χ1n) is 19.2. The van der Waals surface area contributed by atoms with Gasteiger partial charge in [0.2, 0.25) is 0 Å². The van der Waals surface area contributed by atoms with E-state index in [9.17, 15) is 0 Å². The molecule has 2 nitrogen and oxygen atoms in total. The Labute approximate surface area is 321 Å². The van der Waals surface area contributed by atoms with E-state index in [1.54, 1.807) is 0 Å². The molecule has 54 heavy (non-hydrogen) atoms. The maximum Gasteiger partial charge on any atom is 0.0546 e. The summed E-state index contributed by atoms with van der Waals surface area (Å²) in [5, 5.41) is 7.42. The van der Waals surface area contributed by atoms with Crippen LogP contribution in [0.2, 0.25) is 0 Å². The third kappa shape index (κ3) is 6.10. The van der Waals surface area contributed by atoms with Crippen molar-refractivity contribution < 1.29 is 0 Å². The summed E-state index contributed by atoms with van der Waals surface area (Å²) in [6.07, 6.45) is 0. The minimum atomic E-state index is 1.17. The smallest absolute Gasteiger partial charge is 0.0546 e. The maximum absolute atomic E-state index is 2.49. The highest BCUT2D eigenvalue weighted by Gasteiger charge is 2.23. The summed E-state index contributed by atoms with van der Waals surface area (Å²) in [5.41, 5.74) is 20.0. The van der Waals surface area contributed by atoms with Crippen molar-refractivity contribution in [3.63, 3.8) is 0 Å². The number of anilines is 6. The predicted molar refractivity (Wildman–Crippen MR) is 236 cm³/mol.